The second-order valence-electron chi connectivity index (χ2n) is 8.52. The van der Waals surface area contributed by atoms with E-state index >= 15 is 0 Å². The number of hydrogen-bond donors (Lipinski definition) is 1. The van der Waals surface area contributed by atoms with E-state index in [1.54, 1.807) is 56.6 Å². The van der Waals surface area contributed by atoms with Crippen LogP contribution in [-0.2, 0) is 20.9 Å². The topological polar surface area (TPSA) is 135 Å². The number of Topliss-reactive ketones (excluding diaryl/α,β-unsaturated/α-hetero) is 1. The lowest BCUT2D eigenvalue weighted by molar-refractivity contribution is -0.378. The van der Waals surface area contributed by atoms with E-state index in [0.717, 1.165) is 5.56 Å². The van der Waals surface area contributed by atoms with Crippen LogP contribution in [0.1, 0.15) is 44.5 Å². The van der Waals surface area contributed by atoms with Crippen LogP contribution in [0.15, 0.2) is 48.3 Å². The summed E-state index contributed by atoms with van der Waals surface area (Å²) in [5.41, 5.74) is 1.86. The number of H-pyrrole nitrogens is 2. The lowest BCUT2D eigenvalue weighted by atomic mass is 9.93. The number of methoxy groups -OCH3 is 3. The summed E-state index contributed by atoms with van der Waals surface area (Å²) in [7, 11) is 4.15. The molecule has 1 aliphatic heterocycles. The fourth-order valence-corrected chi connectivity index (χ4v) is 4.74. The van der Waals surface area contributed by atoms with E-state index in [-0.39, 0.29) is 23.4 Å². The third-order valence-electron chi connectivity index (χ3n) is 6.44. The Labute approximate surface area is 213 Å². The van der Waals surface area contributed by atoms with E-state index < -0.39 is 29.5 Å². The molecule has 10 nitrogen and oxygen atoms in total. The first-order chi connectivity index (χ1) is 17.7. The van der Waals surface area contributed by atoms with Crippen molar-refractivity contribution in [3.63, 3.8) is 0 Å². The van der Waals surface area contributed by atoms with Gasteiger partial charge in [0, 0.05) is 28.5 Å². The van der Waals surface area contributed by atoms with Gasteiger partial charge < -0.3 is 29.2 Å². The van der Waals surface area contributed by atoms with Crippen molar-refractivity contribution in [3.05, 3.63) is 81.9 Å². The minimum atomic E-state index is -1.06. The highest BCUT2D eigenvalue weighted by Gasteiger charge is 2.46. The van der Waals surface area contributed by atoms with Gasteiger partial charge in [-0.25, -0.2) is 9.78 Å². The predicted molar refractivity (Wildman–Crippen MR) is 129 cm³/mol. The molecule has 2 N–H and O–H groups in total. The summed E-state index contributed by atoms with van der Waals surface area (Å²) in [6.45, 7) is 3.26. The molecule has 1 fully saturated rings. The maximum atomic E-state index is 14.0. The van der Waals surface area contributed by atoms with Gasteiger partial charge in [0.05, 0.1) is 33.9 Å². The van der Waals surface area contributed by atoms with Crippen LogP contribution in [0.3, 0.4) is 0 Å². The average molecular weight is 506 g/mol. The number of hydrogen-bond acceptors (Lipinski definition) is 7. The normalized spacial score (nSPS) is 16.7. The summed E-state index contributed by atoms with van der Waals surface area (Å²) in [6, 6.07) is 7.58. The number of carbonyl (C=O) groups excluding carboxylic acids is 3. The van der Waals surface area contributed by atoms with Gasteiger partial charge in [0.1, 0.15) is 5.69 Å². The molecule has 192 valence electrons. The zero-order chi connectivity index (χ0) is 26.9. The van der Waals surface area contributed by atoms with E-state index in [9.17, 15) is 19.5 Å². The van der Waals surface area contributed by atoms with Crippen LogP contribution in [0.25, 0.3) is 5.76 Å². The zero-order valence-corrected chi connectivity index (χ0v) is 21.1. The number of nitrogens with one attached hydrogen (secondary N) is 2. The number of ketones is 1. The molecule has 0 bridgehead atoms. The van der Waals surface area contributed by atoms with Crippen LogP contribution in [-0.4, -0.2) is 48.9 Å². The third kappa shape index (κ3) is 4.31. The fourth-order valence-electron chi connectivity index (χ4n) is 4.74. The Hall–Kier alpha value is -4.60. The molecule has 1 amide bonds. The molecule has 1 aliphatic rings. The van der Waals surface area contributed by atoms with Gasteiger partial charge in [-0.15, -0.1) is 0 Å². The monoisotopic (exact) mass is 505 g/mol. The van der Waals surface area contributed by atoms with Gasteiger partial charge in [0.25, 0.3) is 5.91 Å². The molecule has 10 heteroatoms. The van der Waals surface area contributed by atoms with Gasteiger partial charge in [0.15, 0.2) is 23.9 Å². The molecule has 37 heavy (non-hydrogen) atoms. The Bertz CT molecular complexity index is 1410. The van der Waals surface area contributed by atoms with E-state index in [4.69, 9.17) is 14.2 Å². The number of aromatic amines is 2. The van der Waals surface area contributed by atoms with Crippen LogP contribution in [0.5, 0.6) is 11.5 Å². The number of esters is 1. The van der Waals surface area contributed by atoms with Gasteiger partial charge in [-0.1, -0.05) is 17.9 Å². The van der Waals surface area contributed by atoms with Crippen molar-refractivity contribution in [2.75, 3.05) is 21.3 Å². The highest BCUT2D eigenvalue weighted by atomic mass is 16.5. The molecule has 1 saturated heterocycles. The minimum Gasteiger partial charge on any atom is -0.872 e. The predicted octanol–water partition coefficient (Wildman–Crippen LogP) is 1.67. The highest BCUT2D eigenvalue weighted by Crippen LogP contribution is 2.46. The molecule has 1 aromatic carbocycles. The van der Waals surface area contributed by atoms with Crippen molar-refractivity contribution in [2.45, 2.75) is 26.4 Å². The number of aromatic nitrogens is 2. The van der Waals surface area contributed by atoms with Crippen molar-refractivity contribution < 1.29 is 38.7 Å². The van der Waals surface area contributed by atoms with Crippen molar-refractivity contribution in [1.29, 1.82) is 0 Å². The van der Waals surface area contributed by atoms with Crippen LogP contribution in [0.4, 0.5) is 0 Å². The average Bonchev–Trinajstić information content (AvgIpc) is 3.34. The summed E-state index contributed by atoms with van der Waals surface area (Å²) in [5, 5.41) is 14.0. The summed E-state index contributed by atoms with van der Waals surface area (Å²) in [5.74, 6) is -2.36. The molecular formula is C27H27N3O7. The van der Waals surface area contributed by atoms with Crippen molar-refractivity contribution in [1.82, 2.24) is 9.88 Å². The Morgan fingerprint density at radius 2 is 1.86 bits per heavy atom. The number of carbonyl (C=O) groups is 3. The first-order valence-electron chi connectivity index (χ1n) is 11.4. The number of pyridine rings is 1. The lowest BCUT2D eigenvalue weighted by Gasteiger charge is -2.29. The van der Waals surface area contributed by atoms with Crippen molar-refractivity contribution in [2.24, 2.45) is 0 Å². The fraction of sp³-hybridized carbons (Fsp3) is 0.259. The second-order valence-corrected chi connectivity index (χ2v) is 8.52. The molecule has 4 rings (SSSR count). The standard InChI is InChI=1S/C27H27N3O7/c1-14-19(15(2)29-21(14)27(34)37-5)23(31)20-22(17-9-6-10-18(35-3)25(17)36-4)30(26(33)24(20)32)13-16-8-7-11-28-12-16/h6-12,22,29,31H,13H2,1-5H3. The van der Waals surface area contributed by atoms with Crippen LogP contribution >= 0.6 is 0 Å². The van der Waals surface area contributed by atoms with Gasteiger partial charge in [-0.3, -0.25) is 9.59 Å². The smallest absolute Gasteiger partial charge is 0.354 e. The van der Waals surface area contributed by atoms with E-state index in [1.165, 1.54) is 26.2 Å². The first kappa shape index (κ1) is 25.5. The van der Waals surface area contributed by atoms with Gasteiger partial charge in [-0.2, -0.15) is 0 Å². The molecule has 1 unspecified atom stereocenters. The van der Waals surface area contributed by atoms with Gasteiger partial charge >= 0.3 is 5.97 Å². The quantitative estimate of drug-likeness (QED) is 0.223. The van der Waals surface area contributed by atoms with E-state index in [2.05, 4.69) is 9.97 Å². The Morgan fingerprint density at radius 1 is 1.11 bits per heavy atom. The summed E-state index contributed by atoms with van der Waals surface area (Å²) in [4.78, 5) is 46.2. The SMILES string of the molecule is COC(=O)c1[nH]c(C)c(C([O-])=C2C(=O)C(=O)N(Cc3ccc[nH+]c3)C2c2cccc(OC)c2OC)c1C. The number of rotatable bonds is 7. The molecule has 0 spiro atoms. The molecule has 0 aliphatic carbocycles. The number of ether oxygens (including phenoxy) is 3. The zero-order valence-electron chi connectivity index (χ0n) is 21.1. The summed E-state index contributed by atoms with van der Waals surface area (Å²) >= 11 is 0. The maximum absolute atomic E-state index is 14.0. The Morgan fingerprint density at radius 3 is 2.49 bits per heavy atom. The number of benzene rings is 1. The number of para-hydroxylation sites is 1. The van der Waals surface area contributed by atoms with Crippen LogP contribution in [0.2, 0.25) is 0 Å². The van der Waals surface area contributed by atoms with Crippen molar-refractivity contribution >= 4 is 23.4 Å². The Balaban J connectivity index is 1.99. The van der Waals surface area contributed by atoms with E-state index in [1.807, 2.05) is 0 Å². The summed E-state index contributed by atoms with van der Waals surface area (Å²) < 4.78 is 15.9. The molecule has 3 aromatic rings. The summed E-state index contributed by atoms with van der Waals surface area (Å²) in [6.07, 6.45) is 3.43. The lowest BCUT2D eigenvalue weighted by Crippen LogP contribution is -2.30. The molecular weight excluding hydrogens is 478 g/mol. The van der Waals surface area contributed by atoms with Crippen LogP contribution < -0.4 is 19.6 Å². The maximum Gasteiger partial charge on any atom is 0.354 e. The largest absolute Gasteiger partial charge is 0.872 e. The minimum absolute atomic E-state index is 0.0578. The number of likely N-dealkylation sites (tertiary alicyclic amines) is 1. The molecule has 1 atom stereocenters. The van der Waals surface area contributed by atoms with Gasteiger partial charge in [0.2, 0.25) is 5.78 Å². The van der Waals surface area contributed by atoms with Gasteiger partial charge in [-0.05, 0) is 37.1 Å². The second kappa shape index (κ2) is 10.2. The number of aryl methyl sites for hydroxylation is 1. The Kier molecular flexibility index (Phi) is 7.01. The van der Waals surface area contributed by atoms with E-state index in [0.29, 0.717) is 28.3 Å². The highest BCUT2D eigenvalue weighted by molar-refractivity contribution is 6.46. The van der Waals surface area contributed by atoms with Crippen molar-refractivity contribution in [3.8, 4) is 11.5 Å². The molecule has 3 heterocycles. The molecule has 0 saturated carbocycles. The molecule has 2 aromatic heterocycles. The first-order valence-corrected chi connectivity index (χ1v) is 11.4. The number of amides is 1. The van der Waals surface area contributed by atoms with Crippen LogP contribution in [0, 0.1) is 13.8 Å². The number of nitrogens with zero attached hydrogens (tertiary/aromatic N) is 1. The third-order valence-corrected chi connectivity index (χ3v) is 6.44. The molecule has 0 radical (unpaired) electrons.